The molecule has 1 aliphatic heterocycles. The molecule has 124 valence electrons. The minimum Gasteiger partial charge on any atom is -0.497 e. The maximum atomic E-state index is 12.3. The zero-order chi connectivity index (χ0) is 16.2. The summed E-state index contributed by atoms with van der Waals surface area (Å²) < 4.78 is 10.6. The number of benzene rings is 1. The average molecular weight is 317 g/mol. The Morgan fingerprint density at radius 2 is 2.17 bits per heavy atom. The fourth-order valence-electron chi connectivity index (χ4n) is 2.84. The number of aromatic nitrogens is 1. The van der Waals surface area contributed by atoms with E-state index in [4.69, 9.17) is 9.47 Å². The first kappa shape index (κ1) is 15.8. The van der Waals surface area contributed by atoms with Gasteiger partial charge in [0.25, 0.3) is 5.91 Å². The molecule has 2 aromatic rings. The van der Waals surface area contributed by atoms with Gasteiger partial charge in [0, 0.05) is 42.6 Å². The Morgan fingerprint density at radius 1 is 1.39 bits per heavy atom. The van der Waals surface area contributed by atoms with E-state index in [1.807, 2.05) is 24.3 Å². The number of fused-ring (bicyclic) bond motifs is 1. The summed E-state index contributed by atoms with van der Waals surface area (Å²) in [5.74, 6) is 0.688. The van der Waals surface area contributed by atoms with Gasteiger partial charge in [0.1, 0.15) is 11.4 Å². The molecule has 6 nitrogen and oxygen atoms in total. The van der Waals surface area contributed by atoms with E-state index in [0.29, 0.717) is 18.3 Å². The Hall–Kier alpha value is -2.05. The van der Waals surface area contributed by atoms with Crippen LogP contribution in [0.4, 0.5) is 0 Å². The van der Waals surface area contributed by atoms with Crippen LogP contribution in [-0.4, -0.2) is 61.8 Å². The van der Waals surface area contributed by atoms with Gasteiger partial charge in [-0.1, -0.05) is 0 Å². The molecule has 0 unspecified atom stereocenters. The Kier molecular flexibility index (Phi) is 4.83. The van der Waals surface area contributed by atoms with Crippen LogP contribution in [0.1, 0.15) is 17.4 Å². The summed E-state index contributed by atoms with van der Waals surface area (Å²) in [5, 5.41) is 4.00. The van der Waals surface area contributed by atoms with Crippen molar-refractivity contribution in [3.05, 3.63) is 30.0 Å². The van der Waals surface area contributed by atoms with E-state index in [9.17, 15) is 4.79 Å². The van der Waals surface area contributed by atoms with Gasteiger partial charge >= 0.3 is 0 Å². The summed E-state index contributed by atoms with van der Waals surface area (Å²) in [7, 11) is 1.63. The third-order valence-electron chi connectivity index (χ3n) is 4.30. The van der Waals surface area contributed by atoms with Gasteiger partial charge in [-0.15, -0.1) is 0 Å². The van der Waals surface area contributed by atoms with Crippen LogP contribution in [0.2, 0.25) is 0 Å². The van der Waals surface area contributed by atoms with Crippen LogP contribution in [0.5, 0.6) is 5.75 Å². The second-order valence-electron chi connectivity index (χ2n) is 5.84. The predicted octanol–water partition coefficient (Wildman–Crippen LogP) is 1.63. The van der Waals surface area contributed by atoms with Crippen LogP contribution in [0.25, 0.3) is 10.9 Å². The Bertz CT molecular complexity index is 677. The zero-order valence-electron chi connectivity index (χ0n) is 13.6. The fourth-order valence-corrected chi connectivity index (χ4v) is 2.84. The number of H-pyrrole nitrogens is 1. The van der Waals surface area contributed by atoms with Crippen molar-refractivity contribution >= 4 is 16.8 Å². The molecule has 1 aliphatic rings. The number of methoxy groups -OCH3 is 1. The molecule has 0 aliphatic carbocycles. The van der Waals surface area contributed by atoms with Crippen LogP contribution < -0.4 is 10.1 Å². The first-order valence-corrected chi connectivity index (χ1v) is 7.94. The first-order chi connectivity index (χ1) is 11.2. The van der Waals surface area contributed by atoms with E-state index in [1.165, 1.54) is 0 Å². The third-order valence-corrected chi connectivity index (χ3v) is 4.30. The summed E-state index contributed by atoms with van der Waals surface area (Å²) in [5.41, 5.74) is 1.47. The predicted molar refractivity (Wildman–Crippen MR) is 89.0 cm³/mol. The normalized spacial score (nSPS) is 17.1. The third kappa shape index (κ3) is 3.65. The number of carbonyl (C=O) groups is 1. The highest BCUT2D eigenvalue weighted by Gasteiger charge is 2.18. The lowest BCUT2D eigenvalue weighted by Crippen LogP contribution is -2.47. The lowest BCUT2D eigenvalue weighted by Gasteiger charge is -2.32. The van der Waals surface area contributed by atoms with Gasteiger partial charge in [0.05, 0.1) is 20.3 Å². The molecular weight excluding hydrogens is 294 g/mol. The molecule has 1 aromatic carbocycles. The van der Waals surface area contributed by atoms with Gasteiger partial charge < -0.3 is 19.8 Å². The number of hydrogen-bond donors (Lipinski definition) is 2. The molecule has 2 heterocycles. The second kappa shape index (κ2) is 7.02. The molecule has 0 radical (unpaired) electrons. The Labute approximate surface area is 135 Å². The molecule has 1 saturated heterocycles. The highest BCUT2D eigenvalue weighted by molar-refractivity contribution is 5.98. The summed E-state index contributed by atoms with van der Waals surface area (Å²) in [6, 6.07) is 7.88. The number of carbonyl (C=O) groups excluding carboxylic acids is 1. The molecule has 1 amide bonds. The van der Waals surface area contributed by atoms with E-state index in [1.54, 1.807) is 7.11 Å². The highest BCUT2D eigenvalue weighted by Crippen LogP contribution is 2.21. The Balaban J connectivity index is 1.61. The monoisotopic (exact) mass is 317 g/mol. The van der Waals surface area contributed by atoms with E-state index in [2.05, 4.69) is 22.1 Å². The van der Waals surface area contributed by atoms with Gasteiger partial charge in [-0.3, -0.25) is 9.69 Å². The summed E-state index contributed by atoms with van der Waals surface area (Å²) in [6.45, 7) is 6.12. The number of nitrogens with zero attached hydrogens (tertiary/aromatic N) is 1. The highest BCUT2D eigenvalue weighted by atomic mass is 16.5. The maximum absolute atomic E-state index is 12.3. The number of ether oxygens (including phenoxy) is 2. The van der Waals surface area contributed by atoms with Crippen molar-refractivity contribution in [2.45, 2.75) is 13.0 Å². The number of rotatable bonds is 5. The minimum absolute atomic E-state index is 0.0831. The standard InChI is InChI=1S/C17H23N3O3/c1-12(20-5-7-23-8-6-20)11-18-17(21)16-9-13-3-4-14(22-2)10-15(13)19-16/h3-4,9-10,12,19H,5-8,11H2,1-2H3,(H,18,21)/t12-/m0/s1. The fraction of sp³-hybridized carbons (Fsp3) is 0.471. The van der Waals surface area contributed by atoms with Crippen molar-refractivity contribution in [3.8, 4) is 5.75 Å². The molecular formula is C17H23N3O3. The van der Waals surface area contributed by atoms with Crippen molar-refractivity contribution < 1.29 is 14.3 Å². The maximum Gasteiger partial charge on any atom is 0.267 e. The average Bonchev–Trinajstić information content (AvgIpc) is 3.03. The molecule has 1 fully saturated rings. The van der Waals surface area contributed by atoms with E-state index < -0.39 is 0 Å². The van der Waals surface area contributed by atoms with Crippen molar-refractivity contribution in [3.63, 3.8) is 0 Å². The number of morpholine rings is 1. The van der Waals surface area contributed by atoms with Gasteiger partial charge in [-0.2, -0.15) is 0 Å². The molecule has 0 saturated carbocycles. The van der Waals surface area contributed by atoms with Crippen LogP contribution >= 0.6 is 0 Å². The van der Waals surface area contributed by atoms with Crippen molar-refractivity contribution in [2.75, 3.05) is 40.0 Å². The van der Waals surface area contributed by atoms with Crippen LogP contribution in [0.3, 0.4) is 0 Å². The summed E-state index contributed by atoms with van der Waals surface area (Å²) in [6.07, 6.45) is 0. The van der Waals surface area contributed by atoms with Crippen molar-refractivity contribution in [1.29, 1.82) is 0 Å². The lowest BCUT2D eigenvalue weighted by molar-refractivity contribution is 0.0204. The van der Waals surface area contributed by atoms with Gasteiger partial charge in [0.2, 0.25) is 0 Å². The van der Waals surface area contributed by atoms with E-state index in [0.717, 1.165) is 43.0 Å². The van der Waals surface area contributed by atoms with Gasteiger partial charge in [-0.05, 0) is 25.1 Å². The molecule has 3 rings (SSSR count). The van der Waals surface area contributed by atoms with Crippen LogP contribution in [0.15, 0.2) is 24.3 Å². The molecule has 23 heavy (non-hydrogen) atoms. The van der Waals surface area contributed by atoms with E-state index >= 15 is 0 Å². The van der Waals surface area contributed by atoms with Crippen molar-refractivity contribution in [2.24, 2.45) is 0 Å². The molecule has 0 spiro atoms. The van der Waals surface area contributed by atoms with Gasteiger partial charge in [0.15, 0.2) is 0 Å². The SMILES string of the molecule is COc1ccc2cc(C(=O)NC[C@H](C)N3CCOCC3)[nH]c2c1. The number of aromatic amines is 1. The molecule has 1 atom stereocenters. The number of amides is 1. The largest absolute Gasteiger partial charge is 0.497 e. The van der Waals surface area contributed by atoms with E-state index in [-0.39, 0.29) is 5.91 Å². The van der Waals surface area contributed by atoms with Crippen LogP contribution in [0, 0.1) is 0 Å². The smallest absolute Gasteiger partial charge is 0.267 e. The van der Waals surface area contributed by atoms with Crippen LogP contribution in [-0.2, 0) is 4.74 Å². The summed E-state index contributed by atoms with van der Waals surface area (Å²) >= 11 is 0. The quantitative estimate of drug-likeness (QED) is 0.879. The zero-order valence-corrected chi connectivity index (χ0v) is 13.6. The van der Waals surface area contributed by atoms with Gasteiger partial charge in [-0.25, -0.2) is 0 Å². The molecule has 1 aromatic heterocycles. The lowest BCUT2D eigenvalue weighted by atomic mass is 10.2. The number of nitrogens with one attached hydrogen (secondary N) is 2. The topological polar surface area (TPSA) is 66.6 Å². The molecule has 6 heteroatoms. The summed E-state index contributed by atoms with van der Waals surface area (Å²) in [4.78, 5) is 17.8. The minimum atomic E-state index is -0.0831. The molecule has 0 bridgehead atoms. The molecule has 2 N–H and O–H groups in total. The second-order valence-corrected chi connectivity index (χ2v) is 5.84. The number of hydrogen-bond acceptors (Lipinski definition) is 4. The first-order valence-electron chi connectivity index (χ1n) is 7.94. The van der Waals surface area contributed by atoms with Crippen molar-refractivity contribution in [1.82, 2.24) is 15.2 Å². The Morgan fingerprint density at radius 3 is 2.91 bits per heavy atom.